The molecule has 0 saturated heterocycles. The molecule has 7 heteroatoms. The number of hydrogen-bond acceptors (Lipinski definition) is 5. The summed E-state index contributed by atoms with van der Waals surface area (Å²) in [6.45, 7) is 1.94. The Bertz CT molecular complexity index is 1080. The molecule has 0 spiro atoms. The number of aromatic nitrogens is 3. The van der Waals surface area contributed by atoms with Crippen LogP contribution in [0.4, 0.5) is 11.5 Å². The van der Waals surface area contributed by atoms with E-state index in [9.17, 15) is 4.79 Å². The number of nitriles is 1. The van der Waals surface area contributed by atoms with Gasteiger partial charge in [0.25, 0.3) is 0 Å². The number of nitrogen functional groups attached to an aromatic ring is 1. The van der Waals surface area contributed by atoms with E-state index in [1.165, 1.54) is 0 Å². The Morgan fingerprint density at radius 1 is 1.35 bits per heavy atom. The number of imidazole rings is 1. The van der Waals surface area contributed by atoms with Gasteiger partial charge in [-0.05, 0) is 36.9 Å². The third-order valence-corrected chi connectivity index (χ3v) is 4.93. The number of nitrogens with zero attached hydrogens (tertiary/aromatic N) is 4. The molecule has 130 valence electrons. The van der Waals surface area contributed by atoms with Gasteiger partial charge < -0.3 is 15.6 Å². The minimum absolute atomic E-state index is 0.158. The van der Waals surface area contributed by atoms with Crippen LogP contribution in [0.1, 0.15) is 12.2 Å². The molecule has 2 heterocycles. The molecule has 0 bridgehead atoms. The molecule has 7 nitrogen and oxygen atoms in total. The molecule has 3 N–H and O–H groups in total. The lowest BCUT2D eigenvalue weighted by Gasteiger charge is -2.10. The summed E-state index contributed by atoms with van der Waals surface area (Å²) in [5, 5.41) is 13.4. The second-order valence-electron chi connectivity index (χ2n) is 6.67. The van der Waals surface area contributed by atoms with Crippen molar-refractivity contribution >= 4 is 28.2 Å². The molecule has 1 aromatic carbocycles. The molecule has 1 saturated carbocycles. The number of carbonyl (C=O) groups is 1. The molecule has 1 aliphatic rings. The zero-order valence-corrected chi connectivity index (χ0v) is 14.5. The van der Waals surface area contributed by atoms with Crippen molar-refractivity contribution < 1.29 is 4.79 Å². The molecule has 1 fully saturated rings. The number of hydrogen-bond donors (Lipinski definition) is 2. The van der Waals surface area contributed by atoms with Crippen LogP contribution in [0.25, 0.3) is 22.0 Å². The SMILES string of the molecule is Cc1ncc(-c2cc(N)c3cnc(NC(=O)[C@H]4C[C@@H]4C#N)cc3c2)n1C. The lowest BCUT2D eigenvalue weighted by atomic mass is 10.0. The Labute approximate surface area is 150 Å². The first-order chi connectivity index (χ1) is 12.5. The number of amides is 1. The number of nitrogens with one attached hydrogen (secondary N) is 1. The number of benzene rings is 1. The van der Waals surface area contributed by atoms with Crippen LogP contribution in [0.3, 0.4) is 0 Å². The summed E-state index contributed by atoms with van der Waals surface area (Å²) in [6, 6.07) is 7.84. The van der Waals surface area contributed by atoms with Crippen LogP contribution >= 0.6 is 0 Å². The van der Waals surface area contributed by atoms with Crippen molar-refractivity contribution in [3.05, 3.63) is 36.4 Å². The zero-order chi connectivity index (χ0) is 18.4. The summed E-state index contributed by atoms with van der Waals surface area (Å²) in [5.41, 5.74) is 8.74. The van der Waals surface area contributed by atoms with Gasteiger partial charge in [-0.3, -0.25) is 4.79 Å². The summed E-state index contributed by atoms with van der Waals surface area (Å²) in [7, 11) is 1.96. The second kappa shape index (κ2) is 5.85. The Morgan fingerprint density at radius 2 is 2.15 bits per heavy atom. The first-order valence-electron chi connectivity index (χ1n) is 8.36. The average molecular weight is 346 g/mol. The highest BCUT2D eigenvalue weighted by Gasteiger charge is 2.43. The fourth-order valence-electron chi connectivity index (χ4n) is 3.12. The van der Waals surface area contributed by atoms with Crippen molar-refractivity contribution in [1.29, 1.82) is 5.26 Å². The first kappa shape index (κ1) is 16.1. The third kappa shape index (κ3) is 2.65. The van der Waals surface area contributed by atoms with Gasteiger partial charge in [0, 0.05) is 29.9 Å². The molecular weight excluding hydrogens is 328 g/mol. The van der Waals surface area contributed by atoms with Crippen LogP contribution in [0, 0.1) is 30.1 Å². The molecule has 0 unspecified atom stereocenters. The number of anilines is 2. The van der Waals surface area contributed by atoms with Gasteiger partial charge in [-0.2, -0.15) is 5.26 Å². The predicted octanol–water partition coefficient (Wildman–Crippen LogP) is 2.62. The van der Waals surface area contributed by atoms with Crippen molar-refractivity contribution in [3.8, 4) is 17.3 Å². The van der Waals surface area contributed by atoms with Crippen molar-refractivity contribution in [2.75, 3.05) is 11.1 Å². The Morgan fingerprint density at radius 3 is 2.81 bits per heavy atom. The molecule has 4 rings (SSSR count). The molecule has 0 radical (unpaired) electrons. The minimum atomic E-state index is -0.230. The maximum atomic E-state index is 12.1. The van der Waals surface area contributed by atoms with Crippen molar-refractivity contribution in [2.45, 2.75) is 13.3 Å². The van der Waals surface area contributed by atoms with E-state index in [4.69, 9.17) is 11.0 Å². The van der Waals surface area contributed by atoms with E-state index in [0.717, 1.165) is 27.9 Å². The number of nitrogens with two attached hydrogens (primary N) is 1. The predicted molar refractivity (Wildman–Crippen MR) is 98.9 cm³/mol. The highest BCUT2D eigenvalue weighted by atomic mass is 16.2. The van der Waals surface area contributed by atoms with E-state index >= 15 is 0 Å². The van der Waals surface area contributed by atoms with Crippen LogP contribution in [0.5, 0.6) is 0 Å². The van der Waals surface area contributed by atoms with Crippen molar-refractivity contribution in [1.82, 2.24) is 14.5 Å². The topological polar surface area (TPSA) is 110 Å². The van der Waals surface area contributed by atoms with Gasteiger partial charge in [-0.1, -0.05) is 0 Å². The van der Waals surface area contributed by atoms with E-state index in [1.54, 1.807) is 12.3 Å². The number of rotatable bonds is 3. The third-order valence-electron chi connectivity index (χ3n) is 4.93. The summed E-state index contributed by atoms with van der Waals surface area (Å²) in [4.78, 5) is 20.8. The van der Waals surface area contributed by atoms with E-state index in [-0.39, 0.29) is 17.7 Å². The van der Waals surface area contributed by atoms with Crippen LogP contribution < -0.4 is 11.1 Å². The fourth-order valence-corrected chi connectivity index (χ4v) is 3.12. The standard InChI is InChI=1S/C19H18N6O/c1-10-22-9-17(25(10)2)12-3-11-6-18(23-8-15(11)16(21)5-12)24-19(26)14-4-13(14)7-20/h3,5-6,8-9,13-14H,4,21H2,1-2H3,(H,23,24,26)/t13-,14+/m1/s1. The average Bonchev–Trinajstić information content (AvgIpc) is 3.34. The maximum absolute atomic E-state index is 12.1. The van der Waals surface area contributed by atoms with Gasteiger partial charge in [0.05, 0.1) is 29.8 Å². The van der Waals surface area contributed by atoms with Gasteiger partial charge in [0.15, 0.2) is 0 Å². The smallest absolute Gasteiger partial charge is 0.230 e. The van der Waals surface area contributed by atoms with E-state index in [2.05, 4.69) is 21.4 Å². The van der Waals surface area contributed by atoms with Gasteiger partial charge in [0.1, 0.15) is 11.6 Å². The highest BCUT2D eigenvalue weighted by Crippen LogP contribution is 2.38. The molecule has 0 aliphatic heterocycles. The number of carbonyl (C=O) groups excluding carboxylic acids is 1. The summed E-state index contributed by atoms with van der Waals surface area (Å²) in [5.74, 6) is 0.813. The molecule has 1 amide bonds. The van der Waals surface area contributed by atoms with Crippen LogP contribution in [0.2, 0.25) is 0 Å². The second-order valence-corrected chi connectivity index (χ2v) is 6.67. The van der Waals surface area contributed by atoms with Gasteiger partial charge >= 0.3 is 0 Å². The Hall–Kier alpha value is -3.40. The van der Waals surface area contributed by atoms with E-state index in [1.807, 2.05) is 36.9 Å². The van der Waals surface area contributed by atoms with E-state index in [0.29, 0.717) is 17.9 Å². The van der Waals surface area contributed by atoms with Gasteiger partial charge in [0.2, 0.25) is 5.91 Å². The molecule has 2 atom stereocenters. The molecule has 26 heavy (non-hydrogen) atoms. The summed E-state index contributed by atoms with van der Waals surface area (Å²) in [6.07, 6.45) is 4.09. The number of aryl methyl sites for hydroxylation is 1. The summed E-state index contributed by atoms with van der Waals surface area (Å²) >= 11 is 0. The number of pyridine rings is 1. The van der Waals surface area contributed by atoms with Crippen LogP contribution in [-0.4, -0.2) is 20.4 Å². The normalized spacial score (nSPS) is 18.5. The quantitative estimate of drug-likeness (QED) is 0.708. The monoisotopic (exact) mass is 346 g/mol. The van der Waals surface area contributed by atoms with E-state index < -0.39 is 0 Å². The Balaban J connectivity index is 1.69. The maximum Gasteiger partial charge on any atom is 0.230 e. The van der Waals surface area contributed by atoms with Crippen molar-refractivity contribution in [3.63, 3.8) is 0 Å². The largest absolute Gasteiger partial charge is 0.398 e. The lowest BCUT2D eigenvalue weighted by Crippen LogP contribution is -2.15. The molecule has 1 aliphatic carbocycles. The number of fused-ring (bicyclic) bond motifs is 1. The lowest BCUT2D eigenvalue weighted by molar-refractivity contribution is -0.117. The summed E-state index contributed by atoms with van der Waals surface area (Å²) < 4.78 is 2.00. The van der Waals surface area contributed by atoms with Crippen molar-refractivity contribution in [2.24, 2.45) is 18.9 Å². The zero-order valence-electron chi connectivity index (χ0n) is 14.5. The van der Waals surface area contributed by atoms with Crippen LogP contribution in [-0.2, 0) is 11.8 Å². The Kier molecular flexibility index (Phi) is 3.62. The highest BCUT2D eigenvalue weighted by molar-refractivity contribution is 6.00. The molecule has 2 aromatic heterocycles. The van der Waals surface area contributed by atoms with Gasteiger partial charge in [-0.15, -0.1) is 0 Å². The fraction of sp³-hybridized carbons (Fsp3) is 0.263. The first-order valence-corrected chi connectivity index (χ1v) is 8.36. The minimum Gasteiger partial charge on any atom is -0.398 e. The molecular formula is C19H18N6O. The van der Waals surface area contributed by atoms with Crippen LogP contribution in [0.15, 0.2) is 30.6 Å². The molecule has 3 aromatic rings. The van der Waals surface area contributed by atoms with Gasteiger partial charge in [-0.25, -0.2) is 9.97 Å².